The first-order chi connectivity index (χ1) is 14.3. The average molecular weight is 529 g/mol. The van der Waals surface area contributed by atoms with Crippen LogP contribution in [-0.2, 0) is 6.54 Å². The van der Waals surface area contributed by atoms with E-state index in [0.717, 1.165) is 68.2 Å². The molecule has 1 saturated heterocycles. The molecular weight excluding hydrogens is 501 g/mol. The second kappa shape index (κ2) is 11.3. The van der Waals surface area contributed by atoms with E-state index in [1.165, 1.54) is 0 Å². The molecule has 0 saturated carbocycles. The molecule has 0 atom stereocenters. The minimum atomic E-state index is 0. The maximum absolute atomic E-state index is 5.81. The highest BCUT2D eigenvalue weighted by atomic mass is 127. The molecule has 2 aliphatic heterocycles. The van der Waals surface area contributed by atoms with Crippen LogP contribution < -0.4 is 19.5 Å². The maximum atomic E-state index is 5.81. The Morgan fingerprint density at radius 3 is 2.77 bits per heavy atom. The van der Waals surface area contributed by atoms with Crippen LogP contribution in [0.5, 0.6) is 17.2 Å². The van der Waals surface area contributed by atoms with E-state index in [0.29, 0.717) is 13.2 Å². The Morgan fingerprint density at radius 2 is 2.00 bits per heavy atom. The van der Waals surface area contributed by atoms with Gasteiger partial charge in [-0.3, -0.25) is 4.90 Å². The summed E-state index contributed by atoms with van der Waals surface area (Å²) in [5.41, 5.74) is 0.972. The van der Waals surface area contributed by atoms with Gasteiger partial charge in [-0.05, 0) is 19.1 Å². The third-order valence-electron chi connectivity index (χ3n) is 4.85. The molecule has 2 aromatic rings. The highest BCUT2D eigenvalue weighted by molar-refractivity contribution is 14.0. The van der Waals surface area contributed by atoms with Crippen LogP contribution in [0.2, 0.25) is 0 Å². The van der Waals surface area contributed by atoms with E-state index in [-0.39, 0.29) is 30.8 Å². The standard InChI is InChI=1S/C20H27N5O4.HI/c1-2-21-20(25-9-7-24(8-10-25)14-16-5-11-29-23-16)22-6-12-26-17-3-4-18-19(13-17)28-15-27-18;/h3-5,11,13H,2,6-10,12,14-15H2,1H3,(H,21,22);1H. The van der Waals surface area contributed by atoms with Crippen molar-refractivity contribution < 1.29 is 18.7 Å². The molecule has 0 spiro atoms. The normalized spacial score (nSPS) is 16.3. The number of aliphatic imine (C=N–C) groups is 1. The second-order valence-electron chi connectivity index (χ2n) is 6.85. The number of rotatable bonds is 7. The van der Waals surface area contributed by atoms with Gasteiger partial charge in [0.05, 0.1) is 12.2 Å². The smallest absolute Gasteiger partial charge is 0.231 e. The van der Waals surface area contributed by atoms with Gasteiger partial charge in [-0.1, -0.05) is 5.16 Å². The lowest BCUT2D eigenvalue weighted by molar-refractivity contribution is 0.169. The summed E-state index contributed by atoms with van der Waals surface area (Å²) in [4.78, 5) is 9.40. The van der Waals surface area contributed by atoms with Gasteiger partial charge in [-0.25, -0.2) is 4.99 Å². The van der Waals surface area contributed by atoms with Crippen molar-refractivity contribution in [1.82, 2.24) is 20.3 Å². The molecular formula is C20H28IN5O4. The van der Waals surface area contributed by atoms with Crippen molar-refractivity contribution in [2.24, 2.45) is 4.99 Å². The average Bonchev–Trinajstić information content (AvgIpc) is 3.42. The summed E-state index contributed by atoms with van der Waals surface area (Å²) >= 11 is 0. The van der Waals surface area contributed by atoms with Gasteiger partial charge >= 0.3 is 0 Å². The van der Waals surface area contributed by atoms with E-state index in [1.54, 1.807) is 6.26 Å². The SMILES string of the molecule is CCNC(=NCCOc1ccc2c(c1)OCO2)N1CCN(Cc2ccon2)CC1.I. The van der Waals surface area contributed by atoms with Crippen molar-refractivity contribution in [3.63, 3.8) is 0 Å². The maximum Gasteiger partial charge on any atom is 0.231 e. The quantitative estimate of drug-likeness (QED) is 0.253. The van der Waals surface area contributed by atoms with Crippen molar-refractivity contribution in [2.75, 3.05) is 52.7 Å². The fourth-order valence-corrected chi connectivity index (χ4v) is 3.37. The molecule has 164 valence electrons. The molecule has 1 aromatic heterocycles. The summed E-state index contributed by atoms with van der Waals surface area (Å²) in [7, 11) is 0. The molecule has 1 fully saturated rings. The number of aromatic nitrogens is 1. The summed E-state index contributed by atoms with van der Waals surface area (Å²) in [6.45, 7) is 8.86. The summed E-state index contributed by atoms with van der Waals surface area (Å²) in [6.07, 6.45) is 1.62. The molecule has 9 nitrogen and oxygen atoms in total. The fraction of sp³-hybridized carbons (Fsp3) is 0.500. The van der Waals surface area contributed by atoms with Crippen LogP contribution in [0.3, 0.4) is 0 Å². The van der Waals surface area contributed by atoms with Gasteiger partial charge in [0.1, 0.15) is 18.6 Å². The molecule has 2 aliphatic rings. The first kappa shape index (κ1) is 22.5. The number of ether oxygens (including phenoxy) is 3. The van der Waals surface area contributed by atoms with Gasteiger partial charge in [-0.15, -0.1) is 24.0 Å². The van der Waals surface area contributed by atoms with Gasteiger partial charge < -0.3 is 29.0 Å². The largest absolute Gasteiger partial charge is 0.492 e. The van der Waals surface area contributed by atoms with E-state index in [9.17, 15) is 0 Å². The number of hydrogen-bond donors (Lipinski definition) is 1. The Bertz CT molecular complexity index is 810. The zero-order chi connectivity index (χ0) is 19.9. The number of benzene rings is 1. The van der Waals surface area contributed by atoms with E-state index in [1.807, 2.05) is 24.3 Å². The number of guanidine groups is 1. The summed E-state index contributed by atoms with van der Waals surface area (Å²) in [6, 6.07) is 7.52. The molecule has 4 rings (SSSR count). The van der Waals surface area contributed by atoms with Gasteiger partial charge in [0.25, 0.3) is 0 Å². The van der Waals surface area contributed by atoms with Crippen LogP contribution in [0.25, 0.3) is 0 Å². The number of hydrogen-bond acceptors (Lipinski definition) is 7. The zero-order valence-electron chi connectivity index (χ0n) is 17.1. The number of nitrogens with zero attached hydrogens (tertiary/aromatic N) is 4. The molecule has 1 N–H and O–H groups in total. The van der Waals surface area contributed by atoms with Crippen molar-refractivity contribution in [3.8, 4) is 17.2 Å². The van der Waals surface area contributed by atoms with E-state index < -0.39 is 0 Å². The predicted octanol–water partition coefficient (Wildman–Crippen LogP) is 2.18. The van der Waals surface area contributed by atoms with E-state index in [4.69, 9.17) is 23.7 Å². The summed E-state index contributed by atoms with van der Waals surface area (Å²) in [5.74, 6) is 3.18. The molecule has 0 radical (unpaired) electrons. The van der Waals surface area contributed by atoms with Crippen LogP contribution in [0.4, 0.5) is 0 Å². The first-order valence-electron chi connectivity index (χ1n) is 9.99. The zero-order valence-corrected chi connectivity index (χ0v) is 19.4. The van der Waals surface area contributed by atoms with Crippen molar-refractivity contribution in [2.45, 2.75) is 13.5 Å². The molecule has 0 unspecified atom stereocenters. The molecule has 0 bridgehead atoms. The van der Waals surface area contributed by atoms with Crippen LogP contribution in [-0.4, -0.2) is 73.6 Å². The Balaban J connectivity index is 0.00000256. The third-order valence-corrected chi connectivity index (χ3v) is 4.85. The van der Waals surface area contributed by atoms with Crippen LogP contribution in [0.1, 0.15) is 12.6 Å². The van der Waals surface area contributed by atoms with E-state index >= 15 is 0 Å². The van der Waals surface area contributed by atoms with Crippen LogP contribution >= 0.6 is 24.0 Å². The molecule has 0 aliphatic carbocycles. The monoisotopic (exact) mass is 529 g/mol. The Morgan fingerprint density at radius 1 is 1.17 bits per heavy atom. The number of nitrogens with one attached hydrogen (secondary N) is 1. The van der Waals surface area contributed by atoms with Crippen molar-refractivity contribution in [3.05, 3.63) is 36.2 Å². The lowest BCUT2D eigenvalue weighted by atomic mass is 10.3. The molecule has 0 amide bonds. The molecule has 3 heterocycles. The Hall–Kier alpha value is -2.21. The number of fused-ring (bicyclic) bond motifs is 1. The van der Waals surface area contributed by atoms with Gasteiger partial charge in [0, 0.05) is 51.4 Å². The van der Waals surface area contributed by atoms with Gasteiger partial charge in [0.2, 0.25) is 6.79 Å². The lowest BCUT2D eigenvalue weighted by Crippen LogP contribution is -2.52. The van der Waals surface area contributed by atoms with Gasteiger partial charge in [-0.2, -0.15) is 0 Å². The molecule has 10 heteroatoms. The summed E-state index contributed by atoms with van der Waals surface area (Å²) in [5, 5.41) is 7.38. The van der Waals surface area contributed by atoms with Crippen molar-refractivity contribution in [1.29, 1.82) is 0 Å². The minimum Gasteiger partial charge on any atom is -0.492 e. The summed E-state index contributed by atoms with van der Waals surface area (Å²) < 4.78 is 21.4. The second-order valence-corrected chi connectivity index (χ2v) is 6.85. The van der Waals surface area contributed by atoms with Crippen molar-refractivity contribution >= 4 is 29.9 Å². The topological polar surface area (TPSA) is 84.6 Å². The van der Waals surface area contributed by atoms with Gasteiger partial charge in [0.15, 0.2) is 17.5 Å². The lowest BCUT2D eigenvalue weighted by Gasteiger charge is -2.36. The molecule has 1 aromatic carbocycles. The fourth-order valence-electron chi connectivity index (χ4n) is 3.37. The number of halogens is 1. The highest BCUT2D eigenvalue weighted by Crippen LogP contribution is 2.34. The number of piperazine rings is 1. The van der Waals surface area contributed by atoms with Crippen LogP contribution in [0.15, 0.2) is 40.0 Å². The minimum absolute atomic E-state index is 0. The highest BCUT2D eigenvalue weighted by Gasteiger charge is 2.20. The molecule has 30 heavy (non-hydrogen) atoms. The van der Waals surface area contributed by atoms with Crippen LogP contribution in [0, 0.1) is 0 Å². The Kier molecular flexibility index (Phi) is 8.43. The third kappa shape index (κ3) is 5.91. The first-order valence-corrected chi connectivity index (χ1v) is 9.99. The van der Waals surface area contributed by atoms with E-state index in [2.05, 4.69) is 27.2 Å². The predicted molar refractivity (Wildman–Crippen MR) is 123 cm³/mol. The Labute approximate surface area is 193 Å².